The van der Waals surface area contributed by atoms with Crippen molar-refractivity contribution in [3.63, 3.8) is 0 Å². The van der Waals surface area contributed by atoms with E-state index in [0.29, 0.717) is 38.6 Å². The summed E-state index contributed by atoms with van der Waals surface area (Å²) in [6, 6.07) is -5.11. The van der Waals surface area contributed by atoms with Crippen molar-refractivity contribution in [2.24, 2.45) is 5.92 Å². The Kier molecular flexibility index (Phi) is 56.9. The number of hydrogen-bond donors (Lipinski definition) is 7. The van der Waals surface area contributed by atoms with Crippen molar-refractivity contribution in [2.45, 2.75) is 259 Å². The third-order valence-electron chi connectivity index (χ3n) is 19.7. The second-order valence-corrected chi connectivity index (χ2v) is 32.7. The number of terminal acetylenes is 1. The van der Waals surface area contributed by atoms with Crippen molar-refractivity contribution in [2.75, 3.05) is 165 Å². The lowest BCUT2D eigenvalue weighted by Gasteiger charge is -2.44. The van der Waals surface area contributed by atoms with E-state index >= 15 is 4.79 Å². The molecule has 50 heteroatoms. The standard InChI is InChI=1S/C85H136N9O40P/c1-17-19-29-124-135(94(18-2)50(3)4)134-64-22-20-63(21-23-64)81(110)92-65(24-25-69(107)86-26-30-112-33-36-115-39-42-118-83-72(89-51(5)95)78(128-60(14)104)75(125-57(11)101)66(131-83)47-121-54(8)98)82(111)93(45-70(108)87-27-31-113-34-37-116-40-43-119-84-73(90-52(6)96)79(129-61(15)105)76(126-58(12)102)67(132-84)48-122-55(9)99)46-71(109)88-28-32-114-35-38-117-41-44-120-85-74(91-53(7)97)80(130-62(16)106)77(127-59(13)103)68(133-85)49-123-56(10)100/h1,50,63-68,72-80,83-85H,18-49H2,2-16H3,(H,86,107)(H,87,108)(H,88,109)(H,89,95)(H,90,96)(H,91,97)(H,92,110). The molecule has 0 radical (unpaired) electrons. The van der Waals surface area contributed by atoms with Crippen LogP contribution in [0.15, 0.2) is 0 Å². The molecule has 766 valence electrons. The van der Waals surface area contributed by atoms with Gasteiger partial charge in [-0.25, -0.2) is 4.67 Å². The van der Waals surface area contributed by atoms with Crippen LogP contribution in [-0.4, -0.2) is 385 Å². The Balaban J connectivity index is 1.49. The van der Waals surface area contributed by atoms with Gasteiger partial charge >= 0.3 is 53.7 Å². The van der Waals surface area contributed by atoms with Gasteiger partial charge in [-0.3, -0.25) is 81.5 Å². The molecule has 0 bridgehead atoms. The molecular weight excluding hydrogens is 1820 g/mol. The van der Waals surface area contributed by atoms with E-state index in [1.165, 1.54) is 20.8 Å². The molecule has 17 atom stereocenters. The van der Waals surface area contributed by atoms with Gasteiger partial charge in [0.2, 0.25) is 47.3 Å². The maximum Gasteiger partial charge on any atom is 0.303 e. The molecule has 7 N–H and O–H groups in total. The smallest absolute Gasteiger partial charge is 0.303 e. The Labute approximate surface area is 785 Å². The van der Waals surface area contributed by atoms with Gasteiger partial charge in [0.25, 0.3) is 8.53 Å². The highest BCUT2D eigenvalue weighted by Crippen LogP contribution is 2.48. The first kappa shape index (κ1) is 118. The maximum absolute atomic E-state index is 15.2. The number of hydrogen-bond acceptors (Lipinski definition) is 41. The summed E-state index contributed by atoms with van der Waals surface area (Å²) in [4.78, 5) is 219. The summed E-state index contributed by atoms with van der Waals surface area (Å²) in [6.07, 6.45) is -9.39. The molecule has 4 rings (SSSR count). The van der Waals surface area contributed by atoms with Crippen LogP contribution < -0.4 is 37.2 Å². The molecule has 4 fully saturated rings. The molecule has 135 heavy (non-hydrogen) atoms. The van der Waals surface area contributed by atoms with Crippen molar-refractivity contribution in [3.05, 3.63) is 0 Å². The van der Waals surface area contributed by atoms with Gasteiger partial charge in [-0.15, -0.1) is 12.3 Å². The first-order chi connectivity index (χ1) is 64.2. The lowest BCUT2D eigenvalue weighted by Crippen LogP contribution is -2.66. The highest BCUT2D eigenvalue weighted by molar-refractivity contribution is 7.44. The summed E-state index contributed by atoms with van der Waals surface area (Å²) in [6.45, 7) is 16.2. The fraction of sp³-hybridized carbons (Fsp3) is 0.776. The summed E-state index contributed by atoms with van der Waals surface area (Å²) in [5, 5.41) is 18.7. The van der Waals surface area contributed by atoms with Crippen LogP contribution in [0.5, 0.6) is 0 Å². The second-order valence-electron chi connectivity index (χ2n) is 31.2. The molecule has 0 aromatic heterocycles. The topological polar surface area (TPSA) is 593 Å². The molecule has 3 aliphatic heterocycles. The molecule has 0 aromatic rings. The van der Waals surface area contributed by atoms with E-state index in [0.717, 1.165) is 67.2 Å². The minimum absolute atomic E-state index is 0.00853. The number of rotatable bonds is 63. The lowest BCUT2D eigenvalue weighted by atomic mass is 9.86. The molecule has 17 unspecified atom stereocenters. The van der Waals surface area contributed by atoms with E-state index in [9.17, 15) is 76.7 Å². The van der Waals surface area contributed by atoms with Crippen LogP contribution in [0.25, 0.3) is 0 Å². The molecule has 1 saturated carbocycles. The number of esters is 9. The molecule has 8 amide bonds. The monoisotopic (exact) mass is 1950 g/mol. The van der Waals surface area contributed by atoms with E-state index < -0.39 is 246 Å². The Hall–Kier alpha value is -9.62. The average molecular weight is 1960 g/mol. The van der Waals surface area contributed by atoms with Gasteiger partial charge < -0.3 is 151 Å². The summed E-state index contributed by atoms with van der Waals surface area (Å²) in [5.41, 5.74) is 0. The predicted octanol–water partition coefficient (Wildman–Crippen LogP) is -1.88. The van der Waals surface area contributed by atoms with Crippen LogP contribution in [0.1, 0.15) is 149 Å². The van der Waals surface area contributed by atoms with Crippen molar-refractivity contribution >= 4 is 110 Å². The number of amides is 8. The molecule has 49 nitrogen and oxygen atoms in total. The summed E-state index contributed by atoms with van der Waals surface area (Å²) in [7, 11) is -1.54. The highest BCUT2D eigenvalue weighted by Gasteiger charge is 2.55. The SMILES string of the molecule is C#CCCOP(OC1CCC(C(=O)NC(CCC(=O)NCCOCCOCCOC2OC(COC(C)=O)C(OC(C)=O)C(OC(C)=O)C2NC(C)=O)C(=O)N(CC(=O)NCCOCCOCCOC2OC(COC(C)=O)C(OC(C)=O)C(OC(C)=O)C2NC(C)=O)CC(=O)NCCOCCOCCOC2OC(COC(C)=O)C(OC(C)=O)C(OC(C)=O)C2NC(C)=O)CC1)N(CC)C(C)C. The molecule has 1 aliphatic carbocycles. The van der Waals surface area contributed by atoms with Gasteiger partial charge in [-0.2, -0.15) is 0 Å². The average Bonchev–Trinajstić information content (AvgIpc) is 0.792. The third-order valence-corrected chi connectivity index (χ3v) is 21.7. The molecule has 3 heterocycles. The van der Waals surface area contributed by atoms with E-state index in [-0.39, 0.29) is 150 Å². The lowest BCUT2D eigenvalue weighted by molar-refractivity contribution is -0.279. The number of carbonyl (C=O) groups is 17. The largest absolute Gasteiger partial charge is 0.463 e. The van der Waals surface area contributed by atoms with Gasteiger partial charge in [-0.05, 0) is 46.0 Å². The zero-order valence-corrected chi connectivity index (χ0v) is 80.2. The van der Waals surface area contributed by atoms with Crippen LogP contribution in [0.3, 0.4) is 0 Å². The second kappa shape index (κ2) is 65.2. The van der Waals surface area contributed by atoms with Crippen LogP contribution in [0, 0.1) is 18.3 Å². The van der Waals surface area contributed by atoms with Crippen molar-refractivity contribution in [1.29, 1.82) is 0 Å². The first-order valence-electron chi connectivity index (χ1n) is 44.4. The summed E-state index contributed by atoms with van der Waals surface area (Å²) < 4.78 is 133. The Morgan fingerprint density at radius 1 is 0.407 bits per heavy atom. The molecule has 4 aliphatic rings. The normalized spacial score (nSPS) is 23.5. The fourth-order valence-corrected chi connectivity index (χ4v) is 15.8. The zero-order chi connectivity index (χ0) is 100. The quantitative estimate of drug-likeness (QED) is 0.0115. The number of ether oxygens (including phenoxy) is 21. The van der Waals surface area contributed by atoms with E-state index in [1.807, 2.05) is 20.8 Å². The van der Waals surface area contributed by atoms with Crippen LogP contribution >= 0.6 is 8.53 Å². The van der Waals surface area contributed by atoms with E-state index in [2.05, 4.69) is 47.8 Å². The van der Waals surface area contributed by atoms with Gasteiger partial charge in [0.15, 0.2) is 55.5 Å². The Morgan fingerprint density at radius 3 is 1.03 bits per heavy atom. The summed E-state index contributed by atoms with van der Waals surface area (Å²) >= 11 is 0. The summed E-state index contributed by atoms with van der Waals surface area (Å²) in [5.74, 6) is -10.3. The van der Waals surface area contributed by atoms with Gasteiger partial charge in [-0.1, -0.05) is 6.92 Å². The van der Waals surface area contributed by atoms with Crippen molar-refractivity contribution in [3.8, 4) is 12.3 Å². The van der Waals surface area contributed by atoms with E-state index in [4.69, 9.17) is 115 Å². The van der Waals surface area contributed by atoms with Gasteiger partial charge in [0.05, 0.1) is 112 Å². The van der Waals surface area contributed by atoms with E-state index in [1.54, 1.807) is 0 Å². The first-order valence-corrected chi connectivity index (χ1v) is 45.6. The van der Waals surface area contributed by atoms with Crippen molar-refractivity contribution in [1.82, 2.24) is 46.8 Å². The predicted molar refractivity (Wildman–Crippen MR) is 462 cm³/mol. The highest BCUT2D eigenvalue weighted by atomic mass is 31.2. The minimum Gasteiger partial charge on any atom is -0.463 e. The maximum atomic E-state index is 15.2. The van der Waals surface area contributed by atoms with Gasteiger partial charge in [0.1, 0.15) is 75.4 Å². The van der Waals surface area contributed by atoms with Gasteiger partial charge in [0, 0.05) is 134 Å². The fourth-order valence-electron chi connectivity index (χ4n) is 14.1. The number of carbonyl (C=O) groups excluding carboxylic acids is 17. The molecular formula is C85H136N9O40P. The minimum atomic E-state index is -1.54. The van der Waals surface area contributed by atoms with Crippen LogP contribution in [-0.2, 0) is 190 Å². The third kappa shape index (κ3) is 47.3. The van der Waals surface area contributed by atoms with Crippen molar-refractivity contribution < 1.29 is 190 Å². The molecule has 0 aromatic carbocycles. The van der Waals surface area contributed by atoms with Crippen LogP contribution in [0.2, 0.25) is 0 Å². The Morgan fingerprint density at radius 2 is 0.726 bits per heavy atom. The Bertz CT molecular complexity index is 3680. The van der Waals surface area contributed by atoms with Crippen LogP contribution in [0.4, 0.5) is 0 Å². The zero-order valence-electron chi connectivity index (χ0n) is 79.3. The number of nitrogens with zero attached hydrogens (tertiary/aromatic N) is 2. The molecule has 3 saturated heterocycles. The molecule has 0 spiro atoms. The number of nitrogens with one attached hydrogen (secondary N) is 7.